The predicted molar refractivity (Wildman–Crippen MR) is 74.6 cm³/mol. The van der Waals surface area contributed by atoms with Crippen LogP contribution in [-0.4, -0.2) is 9.97 Å². The standard InChI is InChI=1S/C12H9BrCl2N2/c1-2-7-5-3-4-6-8(7)12-16-10(14)9(13)11(15)17-12/h3-6H,2H2,1H3. The van der Waals surface area contributed by atoms with Gasteiger partial charge in [0.25, 0.3) is 0 Å². The first-order valence-corrected chi connectivity index (χ1v) is 6.65. The molecule has 2 aromatic rings. The lowest BCUT2D eigenvalue weighted by molar-refractivity contribution is 1.10. The van der Waals surface area contributed by atoms with Crippen molar-refractivity contribution in [3.63, 3.8) is 0 Å². The molecule has 0 saturated carbocycles. The van der Waals surface area contributed by atoms with Crippen LogP contribution in [0.15, 0.2) is 28.7 Å². The number of rotatable bonds is 2. The van der Waals surface area contributed by atoms with Gasteiger partial charge in [-0.3, -0.25) is 0 Å². The summed E-state index contributed by atoms with van der Waals surface area (Å²) in [6.45, 7) is 2.08. The molecule has 1 heterocycles. The Labute approximate surface area is 118 Å². The molecule has 0 bridgehead atoms. The van der Waals surface area contributed by atoms with E-state index in [1.807, 2.05) is 24.3 Å². The molecule has 0 aliphatic heterocycles. The van der Waals surface area contributed by atoms with Crippen LogP contribution in [0.3, 0.4) is 0 Å². The maximum atomic E-state index is 5.98. The molecule has 0 spiro atoms. The van der Waals surface area contributed by atoms with Gasteiger partial charge in [0.2, 0.25) is 0 Å². The second-order valence-corrected chi connectivity index (χ2v) is 4.96. The fourth-order valence-corrected chi connectivity index (χ4v) is 2.13. The van der Waals surface area contributed by atoms with E-state index in [4.69, 9.17) is 23.2 Å². The molecule has 0 radical (unpaired) electrons. The molecule has 1 aromatic carbocycles. The van der Waals surface area contributed by atoms with Gasteiger partial charge in [-0.2, -0.15) is 0 Å². The van der Waals surface area contributed by atoms with E-state index < -0.39 is 0 Å². The zero-order valence-electron chi connectivity index (χ0n) is 9.04. The van der Waals surface area contributed by atoms with Crippen molar-refractivity contribution in [3.8, 4) is 11.4 Å². The minimum Gasteiger partial charge on any atom is -0.215 e. The van der Waals surface area contributed by atoms with Gasteiger partial charge in [0, 0.05) is 5.56 Å². The Morgan fingerprint density at radius 1 is 1.12 bits per heavy atom. The number of halogens is 3. The van der Waals surface area contributed by atoms with Gasteiger partial charge in [-0.05, 0) is 27.9 Å². The quantitative estimate of drug-likeness (QED) is 0.740. The summed E-state index contributed by atoms with van der Waals surface area (Å²) < 4.78 is 0.526. The summed E-state index contributed by atoms with van der Waals surface area (Å²) in [5.41, 5.74) is 2.13. The van der Waals surface area contributed by atoms with Gasteiger partial charge in [-0.15, -0.1) is 0 Å². The number of hydrogen-bond acceptors (Lipinski definition) is 2. The Hall–Kier alpha value is -0.640. The molecule has 88 valence electrons. The highest BCUT2D eigenvalue weighted by Gasteiger charge is 2.12. The summed E-state index contributed by atoms with van der Waals surface area (Å²) in [5.74, 6) is 0.556. The van der Waals surface area contributed by atoms with Crippen LogP contribution < -0.4 is 0 Å². The number of aryl methyl sites for hydroxylation is 1. The molecule has 0 unspecified atom stereocenters. The van der Waals surface area contributed by atoms with Gasteiger partial charge < -0.3 is 0 Å². The van der Waals surface area contributed by atoms with Crippen LogP contribution in [0, 0.1) is 0 Å². The summed E-state index contributed by atoms with van der Waals surface area (Å²) >= 11 is 15.2. The van der Waals surface area contributed by atoms with Gasteiger partial charge >= 0.3 is 0 Å². The smallest absolute Gasteiger partial charge is 0.162 e. The zero-order valence-corrected chi connectivity index (χ0v) is 12.1. The van der Waals surface area contributed by atoms with Crippen molar-refractivity contribution < 1.29 is 0 Å². The van der Waals surface area contributed by atoms with Crippen LogP contribution in [0.5, 0.6) is 0 Å². The van der Waals surface area contributed by atoms with Crippen molar-refractivity contribution in [1.82, 2.24) is 9.97 Å². The molecule has 5 heteroatoms. The monoisotopic (exact) mass is 330 g/mol. The van der Waals surface area contributed by atoms with Crippen molar-refractivity contribution in [3.05, 3.63) is 44.6 Å². The van der Waals surface area contributed by atoms with Crippen LogP contribution in [0.25, 0.3) is 11.4 Å². The van der Waals surface area contributed by atoms with Gasteiger partial charge in [-0.1, -0.05) is 54.4 Å². The second-order valence-electron chi connectivity index (χ2n) is 3.45. The fourth-order valence-electron chi connectivity index (χ4n) is 1.56. The molecule has 0 amide bonds. The highest BCUT2D eigenvalue weighted by Crippen LogP contribution is 2.30. The Kier molecular flexibility index (Phi) is 4.02. The summed E-state index contributed by atoms with van der Waals surface area (Å²) in [6.07, 6.45) is 0.908. The second kappa shape index (κ2) is 5.34. The first kappa shape index (κ1) is 12.8. The zero-order chi connectivity index (χ0) is 12.4. The maximum absolute atomic E-state index is 5.98. The van der Waals surface area contributed by atoms with Gasteiger partial charge in [0.15, 0.2) is 5.82 Å². The molecule has 2 rings (SSSR count). The summed E-state index contributed by atoms with van der Waals surface area (Å²) in [6, 6.07) is 7.95. The highest BCUT2D eigenvalue weighted by molar-refractivity contribution is 9.10. The van der Waals surface area contributed by atoms with E-state index >= 15 is 0 Å². The molecule has 0 aliphatic carbocycles. The lowest BCUT2D eigenvalue weighted by atomic mass is 10.1. The van der Waals surface area contributed by atoms with Crippen LogP contribution in [0.1, 0.15) is 12.5 Å². The molecule has 1 aromatic heterocycles. The van der Waals surface area contributed by atoms with E-state index in [9.17, 15) is 0 Å². The molecular weight excluding hydrogens is 323 g/mol. The predicted octanol–water partition coefficient (Wildman–Crippen LogP) is 4.78. The average Bonchev–Trinajstić information content (AvgIpc) is 2.35. The first-order chi connectivity index (χ1) is 8.13. The van der Waals surface area contributed by atoms with E-state index in [0.717, 1.165) is 12.0 Å². The lowest BCUT2D eigenvalue weighted by Gasteiger charge is -2.07. The number of benzene rings is 1. The maximum Gasteiger partial charge on any atom is 0.162 e. The topological polar surface area (TPSA) is 25.8 Å². The molecule has 2 nitrogen and oxygen atoms in total. The minimum atomic E-state index is 0.325. The van der Waals surface area contributed by atoms with Crippen molar-refractivity contribution in [2.75, 3.05) is 0 Å². The average molecular weight is 332 g/mol. The number of hydrogen-bond donors (Lipinski definition) is 0. The normalized spacial score (nSPS) is 10.6. The molecule has 0 saturated heterocycles. The number of aromatic nitrogens is 2. The molecule has 0 fully saturated rings. The minimum absolute atomic E-state index is 0.325. The largest absolute Gasteiger partial charge is 0.215 e. The number of nitrogens with zero attached hydrogens (tertiary/aromatic N) is 2. The van der Waals surface area contributed by atoms with Gasteiger partial charge in [0.1, 0.15) is 10.3 Å². The molecule has 17 heavy (non-hydrogen) atoms. The van der Waals surface area contributed by atoms with Crippen LogP contribution in [0.2, 0.25) is 10.3 Å². The van der Waals surface area contributed by atoms with Gasteiger partial charge in [-0.25, -0.2) is 9.97 Å². The van der Waals surface area contributed by atoms with Crippen LogP contribution in [-0.2, 0) is 6.42 Å². The Morgan fingerprint density at radius 2 is 1.71 bits per heavy atom. The molecule has 0 aliphatic rings. The van der Waals surface area contributed by atoms with E-state index in [1.165, 1.54) is 5.56 Å². The van der Waals surface area contributed by atoms with Crippen molar-refractivity contribution in [2.24, 2.45) is 0 Å². The van der Waals surface area contributed by atoms with E-state index in [1.54, 1.807) is 0 Å². The summed E-state index contributed by atoms with van der Waals surface area (Å²) in [4.78, 5) is 8.47. The highest BCUT2D eigenvalue weighted by atomic mass is 79.9. The first-order valence-electron chi connectivity index (χ1n) is 5.10. The van der Waals surface area contributed by atoms with Crippen molar-refractivity contribution >= 4 is 39.1 Å². The van der Waals surface area contributed by atoms with Gasteiger partial charge in [0.05, 0.1) is 4.47 Å². The molecule has 0 atom stereocenters. The Balaban J connectivity index is 2.61. The van der Waals surface area contributed by atoms with Crippen molar-refractivity contribution in [2.45, 2.75) is 13.3 Å². The Bertz CT molecular complexity index is 535. The SMILES string of the molecule is CCc1ccccc1-c1nc(Cl)c(Br)c(Cl)n1. The van der Waals surface area contributed by atoms with E-state index in [0.29, 0.717) is 20.6 Å². The Morgan fingerprint density at radius 3 is 2.29 bits per heavy atom. The van der Waals surface area contributed by atoms with E-state index in [-0.39, 0.29) is 0 Å². The van der Waals surface area contributed by atoms with Crippen LogP contribution >= 0.6 is 39.1 Å². The fraction of sp³-hybridized carbons (Fsp3) is 0.167. The summed E-state index contributed by atoms with van der Waals surface area (Å²) in [7, 11) is 0. The van der Waals surface area contributed by atoms with Crippen LogP contribution in [0.4, 0.5) is 0 Å². The molecule has 0 N–H and O–H groups in total. The third-order valence-electron chi connectivity index (χ3n) is 2.41. The summed E-state index contributed by atoms with van der Waals surface area (Å²) in [5, 5.41) is 0.650. The van der Waals surface area contributed by atoms with Crippen molar-refractivity contribution in [1.29, 1.82) is 0 Å². The van der Waals surface area contributed by atoms with E-state index in [2.05, 4.69) is 32.8 Å². The lowest BCUT2D eigenvalue weighted by Crippen LogP contribution is -1.95. The molecular formula is C12H9BrCl2N2. The third kappa shape index (κ3) is 2.62. The third-order valence-corrected chi connectivity index (χ3v) is 4.16.